The van der Waals surface area contributed by atoms with Crippen molar-refractivity contribution in [3.8, 4) is 0 Å². The minimum absolute atomic E-state index is 0.136. The highest BCUT2D eigenvalue weighted by Crippen LogP contribution is 2.03. The molecule has 3 heteroatoms. The van der Waals surface area contributed by atoms with Crippen molar-refractivity contribution in [3.05, 3.63) is 36.5 Å². The van der Waals surface area contributed by atoms with E-state index in [2.05, 4.69) is 29.9 Å². The number of rotatable bonds is 13. The van der Waals surface area contributed by atoms with E-state index in [-0.39, 0.29) is 5.97 Å². The number of aliphatic hydroxyl groups excluding tert-OH is 1. The highest BCUT2D eigenvalue weighted by Gasteiger charge is 1.97. The molecule has 0 radical (unpaired) electrons. The molecule has 0 aliphatic rings. The maximum Gasteiger partial charge on any atom is 0.305 e. The van der Waals surface area contributed by atoms with Crippen LogP contribution < -0.4 is 0 Å². The molecule has 0 spiro atoms. The van der Waals surface area contributed by atoms with Crippen molar-refractivity contribution in [3.63, 3.8) is 0 Å². The standard InChI is InChI=1S/C19H32O3/c1-3-4-5-9-12-15-18(20)16-13-10-7-6-8-11-14-17-19(21)22-2/h6-7,12-13,15-16,18,20H,3-5,8-11,14,17H2,1-2H3/b7-6-,15-12-,16-13-/t18-/m1/s1/i19+2. The van der Waals surface area contributed by atoms with Crippen LogP contribution in [0.2, 0.25) is 0 Å². The number of aliphatic hydroxyl groups is 1. The number of unbranched alkanes of at least 4 members (excludes halogenated alkanes) is 5. The number of esters is 1. The second-order valence-corrected chi connectivity index (χ2v) is 5.37. The van der Waals surface area contributed by atoms with Gasteiger partial charge in [0.2, 0.25) is 0 Å². The maximum absolute atomic E-state index is 10.9. The van der Waals surface area contributed by atoms with Gasteiger partial charge in [-0.3, -0.25) is 4.79 Å². The van der Waals surface area contributed by atoms with Crippen molar-refractivity contribution in [2.24, 2.45) is 0 Å². The molecule has 0 aromatic rings. The SMILES string of the molecule is CCCCC/C=C\[C@@H](O)/C=C\C/C=C\CCCC[14C](=O)OC. The zero-order valence-corrected chi connectivity index (χ0v) is 14.2. The van der Waals surface area contributed by atoms with Gasteiger partial charge in [0, 0.05) is 6.42 Å². The molecule has 0 saturated heterocycles. The van der Waals surface area contributed by atoms with E-state index in [4.69, 9.17) is 0 Å². The number of ether oxygens (including phenoxy) is 1. The Morgan fingerprint density at radius 1 is 1.00 bits per heavy atom. The topological polar surface area (TPSA) is 46.5 Å². The predicted octanol–water partition coefficient (Wildman–Crippen LogP) is 4.72. The summed E-state index contributed by atoms with van der Waals surface area (Å²) in [7, 11) is 1.42. The molecule has 1 N–H and O–H groups in total. The van der Waals surface area contributed by atoms with Crippen LogP contribution in [0.4, 0.5) is 0 Å². The third-order valence-electron chi connectivity index (χ3n) is 3.31. The van der Waals surface area contributed by atoms with Crippen LogP contribution in [0.25, 0.3) is 0 Å². The van der Waals surface area contributed by atoms with Crippen LogP contribution in [0, 0.1) is 0 Å². The average molecular weight is 310 g/mol. The number of carbonyl (C=O) groups is 1. The van der Waals surface area contributed by atoms with Gasteiger partial charge in [-0.2, -0.15) is 0 Å². The van der Waals surface area contributed by atoms with E-state index >= 15 is 0 Å². The van der Waals surface area contributed by atoms with Gasteiger partial charge >= 0.3 is 5.97 Å². The Morgan fingerprint density at radius 3 is 2.41 bits per heavy atom. The third-order valence-corrected chi connectivity index (χ3v) is 3.31. The molecule has 0 amide bonds. The summed E-state index contributed by atoms with van der Waals surface area (Å²) >= 11 is 0. The summed E-state index contributed by atoms with van der Waals surface area (Å²) in [4.78, 5) is 10.9. The molecule has 126 valence electrons. The first kappa shape index (κ1) is 20.6. The number of hydrogen-bond donors (Lipinski definition) is 1. The van der Waals surface area contributed by atoms with Crippen molar-refractivity contribution in [1.29, 1.82) is 0 Å². The van der Waals surface area contributed by atoms with E-state index in [1.807, 2.05) is 18.2 Å². The van der Waals surface area contributed by atoms with Crippen molar-refractivity contribution in [2.75, 3.05) is 7.11 Å². The van der Waals surface area contributed by atoms with Gasteiger partial charge in [0.15, 0.2) is 0 Å². The summed E-state index contributed by atoms with van der Waals surface area (Å²) in [5.41, 5.74) is 0. The summed E-state index contributed by atoms with van der Waals surface area (Å²) in [5.74, 6) is -0.136. The molecule has 0 aliphatic heterocycles. The predicted molar refractivity (Wildman–Crippen MR) is 92.7 cm³/mol. The number of methoxy groups -OCH3 is 1. The minimum atomic E-state index is -0.477. The lowest BCUT2D eigenvalue weighted by atomic mass is 10.1. The Kier molecular flexibility index (Phi) is 15.0. The molecule has 1 atom stereocenters. The quantitative estimate of drug-likeness (QED) is 0.304. The Bertz CT molecular complexity index is 343. The number of carbonyl (C=O) groups excluding carboxylic acids is 1. The smallest absolute Gasteiger partial charge is 0.305 e. The lowest BCUT2D eigenvalue weighted by Crippen LogP contribution is -1.98. The molecule has 0 bridgehead atoms. The molecule has 0 rings (SSSR count). The van der Waals surface area contributed by atoms with Crippen LogP contribution >= 0.6 is 0 Å². The first-order chi connectivity index (χ1) is 10.7. The second-order valence-electron chi connectivity index (χ2n) is 5.37. The van der Waals surface area contributed by atoms with Gasteiger partial charge in [-0.1, -0.05) is 56.2 Å². The van der Waals surface area contributed by atoms with Crippen LogP contribution in [0.1, 0.15) is 64.7 Å². The maximum atomic E-state index is 10.9. The highest BCUT2D eigenvalue weighted by molar-refractivity contribution is 5.68. The summed E-state index contributed by atoms with van der Waals surface area (Å²) < 4.78 is 4.58. The molecule has 0 unspecified atom stereocenters. The molecule has 0 heterocycles. The van der Waals surface area contributed by atoms with Crippen molar-refractivity contribution in [1.82, 2.24) is 0 Å². The van der Waals surface area contributed by atoms with E-state index in [1.54, 1.807) is 0 Å². The van der Waals surface area contributed by atoms with E-state index in [1.165, 1.54) is 26.4 Å². The zero-order chi connectivity index (χ0) is 16.5. The van der Waals surface area contributed by atoms with E-state index < -0.39 is 6.10 Å². The molecular weight excluding hydrogens is 278 g/mol. The summed E-state index contributed by atoms with van der Waals surface area (Å²) in [5, 5.41) is 9.71. The van der Waals surface area contributed by atoms with Gasteiger partial charge in [0.05, 0.1) is 13.2 Å². The lowest BCUT2D eigenvalue weighted by Gasteiger charge is -1.98. The second kappa shape index (κ2) is 16.0. The summed E-state index contributed by atoms with van der Waals surface area (Å²) in [6, 6.07) is 0. The first-order valence-corrected chi connectivity index (χ1v) is 8.44. The molecule has 0 fully saturated rings. The zero-order valence-electron chi connectivity index (χ0n) is 14.2. The van der Waals surface area contributed by atoms with Crippen molar-refractivity contribution < 1.29 is 14.6 Å². The molecule has 22 heavy (non-hydrogen) atoms. The van der Waals surface area contributed by atoms with Crippen molar-refractivity contribution in [2.45, 2.75) is 70.8 Å². The first-order valence-electron chi connectivity index (χ1n) is 8.44. The summed E-state index contributed by atoms with van der Waals surface area (Å²) in [6.07, 6.45) is 20.3. The van der Waals surface area contributed by atoms with Crippen LogP contribution in [-0.2, 0) is 9.53 Å². The van der Waals surface area contributed by atoms with E-state index in [0.29, 0.717) is 6.42 Å². The van der Waals surface area contributed by atoms with E-state index in [0.717, 1.165) is 32.1 Å². The highest BCUT2D eigenvalue weighted by atomic mass is 16.7. The van der Waals surface area contributed by atoms with Gasteiger partial charge in [0.25, 0.3) is 0 Å². The van der Waals surface area contributed by atoms with Gasteiger partial charge < -0.3 is 9.84 Å². The van der Waals surface area contributed by atoms with Crippen LogP contribution in [0.15, 0.2) is 36.5 Å². The Hall–Kier alpha value is -1.35. The Labute approximate surface area is 135 Å². The van der Waals surface area contributed by atoms with Crippen LogP contribution in [0.5, 0.6) is 0 Å². The molecule has 3 nitrogen and oxygen atoms in total. The van der Waals surface area contributed by atoms with Crippen LogP contribution in [-0.4, -0.2) is 24.3 Å². The van der Waals surface area contributed by atoms with Crippen molar-refractivity contribution >= 4 is 5.97 Å². The third kappa shape index (κ3) is 15.0. The lowest BCUT2D eigenvalue weighted by molar-refractivity contribution is -0.140. The van der Waals surface area contributed by atoms with Gasteiger partial charge in [0.1, 0.15) is 0 Å². The summed E-state index contributed by atoms with van der Waals surface area (Å²) in [6.45, 7) is 2.19. The monoisotopic (exact) mass is 310 g/mol. The molecule has 0 saturated carbocycles. The molecule has 0 aromatic heterocycles. The minimum Gasteiger partial charge on any atom is -0.469 e. The van der Waals surface area contributed by atoms with Gasteiger partial charge in [-0.05, 0) is 38.5 Å². The average Bonchev–Trinajstić information content (AvgIpc) is 2.52. The Balaban J connectivity index is 3.55. The van der Waals surface area contributed by atoms with Crippen LogP contribution in [0.3, 0.4) is 0 Å². The fourth-order valence-electron chi connectivity index (χ4n) is 1.96. The number of hydrogen-bond acceptors (Lipinski definition) is 3. The fourth-order valence-corrected chi connectivity index (χ4v) is 1.96. The molecule has 0 aromatic carbocycles. The normalized spacial score (nSPS) is 13.4. The Morgan fingerprint density at radius 2 is 1.68 bits per heavy atom. The van der Waals surface area contributed by atoms with Gasteiger partial charge in [-0.25, -0.2) is 0 Å². The molecular formula is C19H32O3. The number of allylic oxidation sites excluding steroid dienone is 4. The fraction of sp³-hybridized carbons (Fsp3) is 0.632. The largest absolute Gasteiger partial charge is 0.469 e. The van der Waals surface area contributed by atoms with E-state index in [9.17, 15) is 9.90 Å². The molecule has 0 aliphatic carbocycles. The van der Waals surface area contributed by atoms with Gasteiger partial charge in [-0.15, -0.1) is 0 Å².